The van der Waals surface area contributed by atoms with Gasteiger partial charge in [0.15, 0.2) is 0 Å². The zero-order chi connectivity index (χ0) is 24.1. The maximum atomic E-state index is 13.9. The van der Waals surface area contributed by atoms with Gasteiger partial charge in [0.05, 0.1) is 35.9 Å². The predicted molar refractivity (Wildman–Crippen MR) is 116 cm³/mol. The largest absolute Gasteiger partial charge is 0.417 e. The Kier molecular flexibility index (Phi) is 6.37. The van der Waals surface area contributed by atoms with Gasteiger partial charge in [0, 0.05) is 57.2 Å². The fourth-order valence-electron chi connectivity index (χ4n) is 6.33. The summed E-state index contributed by atoms with van der Waals surface area (Å²) in [7, 11) is 1.68. The van der Waals surface area contributed by atoms with E-state index in [1.54, 1.807) is 12.0 Å². The Labute approximate surface area is 197 Å². The van der Waals surface area contributed by atoms with E-state index in [9.17, 15) is 18.0 Å². The highest BCUT2D eigenvalue weighted by Crippen LogP contribution is 2.51. The van der Waals surface area contributed by atoms with Crippen LogP contribution in [0, 0.1) is 5.41 Å². The highest BCUT2D eigenvalue weighted by atomic mass is 19.4. The molecule has 10 heteroatoms. The summed E-state index contributed by atoms with van der Waals surface area (Å²) in [6.45, 7) is 3.81. The summed E-state index contributed by atoms with van der Waals surface area (Å²) in [5.74, 6) is -0.00974. The second-order valence-corrected chi connectivity index (χ2v) is 10.1. The summed E-state index contributed by atoms with van der Waals surface area (Å²) in [6.07, 6.45) is -0.530. The van der Waals surface area contributed by atoms with Crippen LogP contribution in [0.15, 0.2) is 12.3 Å². The van der Waals surface area contributed by atoms with E-state index in [0.29, 0.717) is 50.3 Å². The first kappa shape index (κ1) is 24.0. The van der Waals surface area contributed by atoms with E-state index in [2.05, 4.69) is 10.3 Å². The van der Waals surface area contributed by atoms with E-state index in [-0.39, 0.29) is 42.8 Å². The first-order valence-corrected chi connectivity index (χ1v) is 12.1. The van der Waals surface area contributed by atoms with Gasteiger partial charge in [0.2, 0.25) is 5.91 Å². The molecule has 0 spiro atoms. The number of hydrogen-bond acceptors (Lipinski definition) is 6. The van der Waals surface area contributed by atoms with Crippen LogP contribution in [0.1, 0.15) is 49.4 Å². The van der Waals surface area contributed by atoms with Crippen LogP contribution in [0.25, 0.3) is 0 Å². The second kappa shape index (κ2) is 9.04. The van der Waals surface area contributed by atoms with Crippen molar-refractivity contribution in [1.29, 1.82) is 0 Å². The van der Waals surface area contributed by atoms with Gasteiger partial charge in [-0.25, -0.2) is 0 Å². The monoisotopic (exact) mass is 483 g/mol. The molecule has 1 aliphatic carbocycles. The van der Waals surface area contributed by atoms with Gasteiger partial charge in [0.25, 0.3) is 0 Å². The van der Waals surface area contributed by atoms with Crippen LogP contribution >= 0.6 is 0 Å². The summed E-state index contributed by atoms with van der Waals surface area (Å²) in [6, 6.07) is 1.40. The Morgan fingerprint density at radius 3 is 2.94 bits per heavy atom. The van der Waals surface area contributed by atoms with Crippen molar-refractivity contribution in [3.8, 4) is 0 Å². The summed E-state index contributed by atoms with van der Waals surface area (Å²) in [5.41, 5.74) is -0.314. The summed E-state index contributed by atoms with van der Waals surface area (Å²) in [5, 5.41) is 3.69. The number of hydrogen-bond donors (Lipinski definition) is 1. The molecule has 5 rings (SSSR count). The first-order chi connectivity index (χ1) is 16.2. The first-order valence-electron chi connectivity index (χ1n) is 12.1. The Bertz CT molecular complexity index is 929. The zero-order valence-electron chi connectivity index (χ0n) is 19.6. The molecule has 4 heterocycles. The topological polar surface area (TPSA) is 72.9 Å². The van der Waals surface area contributed by atoms with Crippen molar-refractivity contribution in [3.63, 3.8) is 0 Å². The molecule has 0 bridgehead atoms. The van der Waals surface area contributed by atoms with Crippen molar-refractivity contribution in [1.82, 2.24) is 15.2 Å². The third kappa shape index (κ3) is 4.34. The summed E-state index contributed by atoms with van der Waals surface area (Å²) >= 11 is 0. The lowest BCUT2D eigenvalue weighted by Gasteiger charge is -2.37. The second-order valence-electron chi connectivity index (χ2n) is 10.1. The van der Waals surface area contributed by atoms with Crippen LogP contribution in [0.5, 0.6) is 0 Å². The number of nitrogens with zero attached hydrogens (tertiary/aromatic N) is 2. The number of carbonyl (C=O) groups excluding carboxylic acids is 1. The third-order valence-electron chi connectivity index (χ3n) is 7.91. The SMILES string of the molecule is COC1COCCC1N[C@@H]1C[C@H]2OC(C)C[C@@]2(C(=O)N2CCc3ncc(C(F)(F)F)cc3C2)C1. The van der Waals surface area contributed by atoms with Gasteiger partial charge in [-0.3, -0.25) is 9.78 Å². The van der Waals surface area contributed by atoms with Crippen LogP contribution in [-0.2, 0) is 38.1 Å². The normalized spacial score (nSPS) is 35.8. The van der Waals surface area contributed by atoms with E-state index < -0.39 is 17.2 Å². The molecule has 1 aromatic rings. The number of nitrogens with one attached hydrogen (secondary N) is 1. The van der Waals surface area contributed by atoms with E-state index in [4.69, 9.17) is 14.2 Å². The summed E-state index contributed by atoms with van der Waals surface area (Å²) < 4.78 is 56.9. The lowest BCUT2D eigenvalue weighted by atomic mass is 9.79. The van der Waals surface area contributed by atoms with Crippen LogP contribution in [0.3, 0.4) is 0 Å². The fraction of sp³-hybridized carbons (Fsp3) is 0.750. The van der Waals surface area contributed by atoms with Gasteiger partial charge in [-0.1, -0.05) is 0 Å². The highest BCUT2D eigenvalue weighted by molar-refractivity contribution is 5.84. The number of alkyl halides is 3. The minimum atomic E-state index is -4.46. The standard InChI is InChI=1S/C24H32F3N3O4/c1-14-9-23(10-17(8-21(23)34-14)29-19-4-6-33-13-20(19)32-2)22(31)30-5-3-18-15(12-30)7-16(11-28-18)24(25,26)27/h7,11,14,17,19-21,29H,3-6,8-10,12-13H2,1-2H3/t14?,17-,19?,20?,21-,23-/m1/s1. The molecule has 0 radical (unpaired) electrons. The van der Waals surface area contributed by atoms with E-state index in [1.165, 1.54) is 0 Å². The molecule has 3 aliphatic heterocycles. The molecule has 1 N–H and O–H groups in total. The molecule has 4 aliphatic rings. The fourth-order valence-corrected chi connectivity index (χ4v) is 6.33. The van der Waals surface area contributed by atoms with Gasteiger partial charge in [-0.2, -0.15) is 13.2 Å². The minimum absolute atomic E-state index is 0.00974. The molecular weight excluding hydrogens is 451 g/mol. The molecule has 0 aromatic carbocycles. The van der Waals surface area contributed by atoms with Crippen LogP contribution in [0.4, 0.5) is 13.2 Å². The average molecular weight is 484 g/mol. The van der Waals surface area contributed by atoms with Gasteiger partial charge in [-0.05, 0) is 44.2 Å². The molecular formula is C24H32F3N3O4. The number of ether oxygens (including phenoxy) is 3. The van der Waals surface area contributed by atoms with Crippen LogP contribution in [-0.4, -0.2) is 73.1 Å². The molecule has 1 saturated carbocycles. The average Bonchev–Trinajstić information content (AvgIpc) is 3.30. The molecule has 2 saturated heterocycles. The van der Waals surface area contributed by atoms with Crippen molar-refractivity contribution in [2.24, 2.45) is 5.41 Å². The molecule has 7 nitrogen and oxygen atoms in total. The number of pyridine rings is 1. The maximum absolute atomic E-state index is 13.9. The minimum Gasteiger partial charge on any atom is -0.379 e. The van der Waals surface area contributed by atoms with Crippen LogP contribution < -0.4 is 5.32 Å². The lowest BCUT2D eigenvalue weighted by Crippen LogP contribution is -2.51. The van der Waals surface area contributed by atoms with Gasteiger partial charge < -0.3 is 24.4 Å². The number of carbonyl (C=O) groups is 1. The predicted octanol–water partition coefficient (Wildman–Crippen LogP) is 2.70. The van der Waals surface area contributed by atoms with E-state index in [0.717, 1.165) is 25.1 Å². The Hall–Kier alpha value is -1.75. The van der Waals surface area contributed by atoms with Gasteiger partial charge >= 0.3 is 6.18 Å². The van der Waals surface area contributed by atoms with Crippen molar-refractivity contribution < 1.29 is 32.2 Å². The van der Waals surface area contributed by atoms with Crippen molar-refractivity contribution in [2.75, 3.05) is 26.9 Å². The summed E-state index contributed by atoms with van der Waals surface area (Å²) in [4.78, 5) is 19.7. The van der Waals surface area contributed by atoms with Crippen LogP contribution in [0.2, 0.25) is 0 Å². The Morgan fingerprint density at radius 1 is 1.35 bits per heavy atom. The third-order valence-corrected chi connectivity index (χ3v) is 7.91. The zero-order valence-corrected chi connectivity index (χ0v) is 19.6. The smallest absolute Gasteiger partial charge is 0.379 e. The number of halogens is 3. The number of rotatable bonds is 4. The Balaban J connectivity index is 1.33. The van der Waals surface area contributed by atoms with Crippen molar-refractivity contribution in [3.05, 3.63) is 29.1 Å². The van der Waals surface area contributed by atoms with Crippen molar-refractivity contribution in [2.45, 2.75) is 82.1 Å². The van der Waals surface area contributed by atoms with E-state index >= 15 is 0 Å². The molecule has 3 unspecified atom stereocenters. The number of fused-ring (bicyclic) bond motifs is 2. The Morgan fingerprint density at radius 2 is 2.18 bits per heavy atom. The lowest BCUT2D eigenvalue weighted by molar-refractivity contribution is -0.145. The molecule has 1 aromatic heterocycles. The number of methoxy groups -OCH3 is 1. The number of amides is 1. The quantitative estimate of drug-likeness (QED) is 0.710. The maximum Gasteiger partial charge on any atom is 0.417 e. The molecule has 6 atom stereocenters. The molecule has 34 heavy (non-hydrogen) atoms. The molecule has 188 valence electrons. The van der Waals surface area contributed by atoms with Crippen molar-refractivity contribution >= 4 is 5.91 Å². The highest BCUT2D eigenvalue weighted by Gasteiger charge is 2.59. The van der Waals surface area contributed by atoms with Gasteiger partial charge in [0.1, 0.15) is 0 Å². The van der Waals surface area contributed by atoms with Gasteiger partial charge in [-0.15, -0.1) is 0 Å². The molecule has 1 amide bonds. The molecule has 3 fully saturated rings. The number of aromatic nitrogens is 1. The van der Waals surface area contributed by atoms with E-state index in [1.807, 2.05) is 6.92 Å².